The first-order valence-electron chi connectivity index (χ1n) is 8.94. The Morgan fingerprint density at radius 1 is 1.46 bits per heavy atom. The third kappa shape index (κ3) is 3.77. The van der Waals surface area contributed by atoms with Crippen LogP contribution in [0, 0.1) is 0 Å². The zero-order valence-corrected chi connectivity index (χ0v) is 15.7. The molecule has 2 atom stereocenters. The Balaban J connectivity index is 1.79. The number of furan rings is 1. The van der Waals surface area contributed by atoms with Crippen LogP contribution in [0.5, 0.6) is 11.5 Å². The summed E-state index contributed by atoms with van der Waals surface area (Å²) in [5, 5.41) is 0. The predicted molar refractivity (Wildman–Crippen MR) is 100 cm³/mol. The maximum atomic E-state index is 12.5. The highest BCUT2D eigenvalue weighted by Crippen LogP contribution is 2.35. The fourth-order valence-electron chi connectivity index (χ4n) is 3.06. The summed E-state index contributed by atoms with van der Waals surface area (Å²) in [6.07, 6.45) is 6.00. The number of hydrogen-bond acceptors (Lipinski definition) is 4. The maximum Gasteiger partial charge on any atom is 0.246 e. The second-order valence-corrected chi connectivity index (χ2v) is 6.54. The van der Waals surface area contributed by atoms with Crippen LogP contribution in [-0.4, -0.2) is 30.6 Å². The Morgan fingerprint density at radius 2 is 2.27 bits per heavy atom. The van der Waals surface area contributed by atoms with Gasteiger partial charge in [-0.1, -0.05) is 0 Å². The molecule has 0 saturated heterocycles. The van der Waals surface area contributed by atoms with E-state index >= 15 is 0 Å². The van der Waals surface area contributed by atoms with Gasteiger partial charge in [0, 0.05) is 30.7 Å². The average molecular weight is 355 g/mol. The number of fused-ring (bicyclic) bond motifs is 1. The van der Waals surface area contributed by atoms with E-state index in [-0.39, 0.29) is 18.1 Å². The Bertz CT molecular complexity index is 795. The molecule has 1 aliphatic heterocycles. The van der Waals surface area contributed by atoms with Crippen molar-refractivity contribution in [1.82, 2.24) is 4.90 Å². The monoisotopic (exact) mass is 355 g/mol. The van der Waals surface area contributed by atoms with Crippen molar-refractivity contribution in [3.8, 4) is 11.5 Å². The molecule has 0 spiro atoms. The van der Waals surface area contributed by atoms with Crippen molar-refractivity contribution >= 4 is 12.0 Å². The molecule has 0 saturated carbocycles. The Kier molecular flexibility index (Phi) is 5.35. The topological polar surface area (TPSA) is 51.9 Å². The van der Waals surface area contributed by atoms with E-state index in [0.29, 0.717) is 6.61 Å². The number of ether oxygens (including phenoxy) is 2. The second-order valence-electron chi connectivity index (χ2n) is 6.54. The average Bonchev–Trinajstić information content (AvgIpc) is 3.27. The van der Waals surface area contributed by atoms with Gasteiger partial charge in [0.15, 0.2) is 0 Å². The van der Waals surface area contributed by atoms with Crippen LogP contribution in [0.3, 0.4) is 0 Å². The van der Waals surface area contributed by atoms with Gasteiger partial charge in [-0.25, -0.2) is 0 Å². The van der Waals surface area contributed by atoms with E-state index in [1.165, 1.54) is 0 Å². The third-order valence-electron chi connectivity index (χ3n) is 4.62. The molecule has 0 N–H and O–H groups in total. The van der Waals surface area contributed by atoms with E-state index in [4.69, 9.17) is 13.9 Å². The summed E-state index contributed by atoms with van der Waals surface area (Å²) in [6.45, 7) is 6.49. The normalized spacial score (nSPS) is 17.0. The molecule has 138 valence electrons. The van der Waals surface area contributed by atoms with Gasteiger partial charge < -0.3 is 18.8 Å². The number of benzene rings is 1. The fourth-order valence-corrected chi connectivity index (χ4v) is 3.06. The van der Waals surface area contributed by atoms with E-state index in [1.807, 2.05) is 45.0 Å². The highest BCUT2D eigenvalue weighted by Gasteiger charge is 2.22. The van der Waals surface area contributed by atoms with Crippen LogP contribution >= 0.6 is 0 Å². The number of nitrogens with zero attached hydrogens (tertiary/aromatic N) is 1. The second kappa shape index (κ2) is 7.68. The van der Waals surface area contributed by atoms with Crippen molar-refractivity contribution in [3.63, 3.8) is 0 Å². The largest absolute Gasteiger partial charge is 0.493 e. The van der Waals surface area contributed by atoms with Crippen LogP contribution < -0.4 is 9.47 Å². The zero-order chi connectivity index (χ0) is 18.7. The van der Waals surface area contributed by atoms with E-state index in [1.54, 1.807) is 30.4 Å². The van der Waals surface area contributed by atoms with E-state index in [0.717, 1.165) is 34.8 Å². The Hall–Kier alpha value is -2.69. The lowest BCUT2D eigenvalue weighted by atomic mass is 10.1. The van der Waals surface area contributed by atoms with Gasteiger partial charge in [0.25, 0.3) is 0 Å². The van der Waals surface area contributed by atoms with Crippen molar-refractivity contribution in [2.24, 2.45) is 0 Å². The van der Waals surface area contributed by atoms with Crippen molar-refractivity contribution in [1.29, 1.82) is 0 Å². The smallest absolute Gasteiger partial charge is 0.246 e. The molecular formula is C21H25NO4. The molecule has 0 bridgehead atoms. The molecule has 1 aliphatic rings. The molecule has 2 aromatic rings. The summed E-state index contributed by atoms with van der Waals surface area (Å²) in [5.41, 5.74) is 1.99. The van der Waals surface area contributed by atoms with Crippen molar-refractivity contribution in [2.75, 3.05) is 13.7 Å². The highest BCUT2D eigenvalue weighted by molar-refractivity contribution is 5.92. The molecule has 5 heteroatoms. The van der Waals surface area contributed by atoms with Crippen LogP contribution in [0.4, 0.5) is 0 Å². The first kappa shape index (κ1) is 18.1. The van der Waals surface area contributed by atoms with Crippen LogP contribution in [0.1, 0.15) is 43.7 Å². The Labute approximate surface area is 154 Å². The molecule has 1 aromatic carbocycles. The molecule has 0 radical (unpaired) electrons. The van der Waals surface area contributed by atoms with E-state index in [9.17, 15) is 4.79 Å². The summed E-state index contributed by atoms with van der Waals surface area (Å²) < 4.78 is 17.0. The maximum absolute atomic E-state index is 12.5. The van der Waals surface area contributed by atoms with Gasteiger partial charge in [-0.3, -0.25) is 4.79 Å². The predicted octanol–water partition coefficient (Wildman–Crippen LogP) is 4.23. The van der Waals surface area contributed by atoms with Gasteiger partial charge in [-0.15, -0.1) is 0 Å². The minimum atomic E-state index is -0.141. The number of carbonyl (C=O) groups excluding carboxylic acids is 1. The molecular weight excluding hydrogens is 330 g/mol. The van der Waals surface area contributed by atoms with Crippen LogP contribution in [0.25, 0.3) is 6.08 Å². The first-order valence-corrected chi connectivity index (χ1v) is 8.94. The molecule has 1 aromatic heterocycles. The van der Waals surface area contributed by atoms with Gasteiger partial charge in [0.2, 0.25) is 5.91 Å². The summed E-state index contributed by atoms with van der Waals surface area (Å²) in [7, 11) is 1.76. The number of amides is 1. The molecule has 1 amide bonds. The van der Waals surface area contributed by atoms with Crippen LogP contribution in [-0.2, 0) is 11.2 Å². The lowest BCUT2D eigenvalue weighted by molar-refractivity contribution is -0.126. The highest BCUT2D eigenvalue weighted by atomic mass is 16.5. The first-order chi connectivity index (χ1) is 12.5. The lowest BCUT2D eigenvalue weighted by Gasteiger charge is -2.21. The molecule has 3 rings (SSSR count). The van der Waals surface area contributed by atoms with Gasteiger partial charge in [-0.2, -0.15) is 0 Å². The van der Waals surface area contributed by atoms with E-state index < -0.39 is 0 Å². The summed E-state index contributed by atoms with van der Waals surface area (Å²) >= 11 is 0. The number of carbonyl (C=O) groups is 1. The summed E-state index contributed by atoms with van der Waals surface area (Å²) in [4.78, 5) is 14.2. The van der Waals surface area contributed by atoms with Crippen LogP contribution in [0.2, 0.25) is 0 Å². The van der Waals surface area contributed by atoms with Gasteiger partial charge in [0.1, 0.15) is 23.4 Å². The lowest BCUT2D eigenvalue weighted by Crippen LogP contribution is -2.27. The number of hydrogen-bond donors (Lipinski definition) is 0. The third-order valence-corrected chi connectivity index (χ3v) is 4.62. The minimum Gasteiger partial charge on any atom is -0.493 e. The molecule has 5 nitrogen and oxygen atoms in total. The van der Waals surface area contributed by atoms with Crippen molar-refractivity contribution in [2.45, 2.75) is 39.3 Å². The number of likely N-dealkylation sites (N-methyl/N-ethyl adjacent to an activating group) is 1. The fraction of sp³-hybridized carbons (Fsp3) is 0.381. The summed E-state index contributed by atoms with van der Waals surface area (Å²) in [5.74, 6) is 2.29. The molecule has 2 heterocycles. The molecule has 0 fully saturated rings. The Morgan fingerprint density at radius 3 is 2.96 bits per heavy atom. The standard InChI is InChI=1S/C21H25NO4/c1-5-24-19-13-17-11-14(2)26-20(17)12-16(19)8-9-21(23)22(4)15(3)18-7-6-10-25-18/h6-10,12-15H,5,11H2,1-4H3/b9-8+. The van der Waals surface area contributed by atoms with Crippen LogP contribution in [0.15, 0.2) is 41.0 Å². The molecule has 26 heavy (non-hydrogen) atoms. The van der Waals surface area contributed by atoms with Gasteiger partial charge in [-0.05, 0) is 51.1 Å². The van der Waals surface area contributed by atoms with Crippen molar-refractivity contribution in [3.05, 3.63) is 53.5 Å². The zero-order valence-electron chi connectivity index (χ0n) is 15.7. The van der Waals surface area contributed by atoms with Gasteiger partial charge in [0.05, 0.1) is 18.9 Å². The SMILES string of the molecule is CCOc1cc2c(cc1/C=C/C(=O)N(C)C(C)c1ccco1)OC(C)C2. The van der Waals surface area contributed by atoms with Gasteiger partial charge >= 0.3 is 0 Å². The van der Waals surface area contributed by atoms with E-state index in [2.05, 4.69) is 0 Å². The quantitative estimate of drug-likeness (QED) is 0.728. The summed E-state index contributed by atoms with van der Waals surface area (Å²) in [6, 6.07) is 7.51. The number of rotatable bonds is 6. The minimum absolute atomic E-state index is 0.105. The molecule has 2 unspecified atom stereocenters. The molecule has 0 aliphatic carbocycles. The van der Waals surface area contributed by atoms with Crippen molar-refractivity contribution < 1.29 is 18.7 Å².